The van der Waals surface area contributed by atoms with Crippen molar-refractivity contribution < 1.29 is 34.5 Å². The second kappa shape index (κ2) is 11.5. The van der Waals surface area contributed by atoms with Gasteiger partial charge in [0.25, 0.3) is 0 Å². The number of carboxylic acids is 1. The number of aliphatic hydroxyl groups excluding tert-OH is 2. The molecular formula is C16H30N4O7. The lowest BCUT2D eigenvalue weighted by molar-refractivity contribution is -0.145. The van der Waals surface area contributed by atoms with Crippen LogP contribution in [0.2, 0.25) is 0 Å². The van der Waals surface area contributed by atoms with E-state index in [4.69, 9.17) is 10.8 Å². The number of nitrogens with two attached hydrogens (primary N) is 1. The van der Waals surface area contributed by atoms with Crippen LogP contribution in [0.5, 0.6) is 0 Å². The van der Waals surface area contributed by atoms with Gasteiger partial charge in [-0.1, -0.05) is 13.8 Å². The lowest BCUT2D eigenvalue weighted by Crippen LogP contribution is -2.56. The van der Waals surface area contributed by atoms with Gasteiger partial charge in [-0.25, -0.2) is 4.79 Å². The first-order valence-electron chi connectivity index (χ1n) is 8.58. The summed E-state index contributed by atoms with van der Waals surface area (Å²) in [7, 11) is 0. The molecule has 0 bridgehead atoms. The second-order valence-electron chi connectivity index (χ2n) is 6.80. The number of amides is 3. The van der Waals surface area contributed by atoms with Gasteiger partial charge in [-0.05, 0) is 26.2 Å². The van der Waals surface area contributed by atoms with Gasteiger partial charge < -0.3 is 37.0 Å². The number of carbonyl (C=O) groups is 4. The Labute approximate surface area is 157 Å². The first-order chi connectivity index (χ1) is 12.4. The lowest BCUT2D eigenvalue weighted by atomic mass is 10.0. The van der Waals surface area contributed by atoms with Crippen molar-refractivity contribution in [2.45, 2.75) is 64.4 Å². The summed E-state index contributed by atoms with van der Waals surface area (Å²) in [5.74, 6) is -3.60. The molecule has 0 saturated carbocycles. The lowest BCUT2D eigenvalue weighted by Gasteiger charge is -2.24. The van der Waals surface area contributed by atoms with E-state index in [2.05, 4.69) is 16.0 Å². The average molecular weight is 390 g/mol. The summed E-state index contributed by atoms with van der Waals surface area (Å²) in [6.07, 6.45) is -2.21. The van der Waals surface area contributed by atoms with Crippen molar-refractivity contribution in [3.05, 3.63) is 0 Å². The molecule has 0 aromatic rings. The monoisotopic (exact) mass is 390 g/mol. The number of carboxylic acid groups (broad SMARTS) is 1. The van der Waals surface area contributed by atoms with Crippen molar-refractivity contribution >= 4 is 23.7 Å². The van der Waals surface area contributed by atoms with Gasteiger partial charge in [0, 0.05) is 0 Å². The SMILES string of the molecule is CC(C)CC(NC(=O)CNC(=O)C(N)C(C)O)C(=O)NC(C(=O)O)C(C)O. The zero-order chi connectivity index (χ0) is 21.3. The van der Waals surface area contributed by atoms with Gasteiger partial charge in [-0.15, -0.1) is 0 Å². The molecule has 0 saturated heterocycles. The molecular weight excluding hydrogens is 360 g/mol. The quantitative estimate of drug-likeness (QED) is 0.198. The van der Waals surface area contributed by atoms with Gasteiger partial charge in [-0.2, -0.15) is 0 Å². The molecule has 0 aliphatic heterocycles. The van der Waals surface area contributed by atoms with Crippen LogP contribution in [0.15, 0.2) is 0 Å². The highest BCUT2D eigenvalue weighted by Crippen LogP contribution is 2.06. The van der Waals surface area contributed by atoms with E-state index in [0.29, 0.717) is 0 Å². The number of hydrogen-bond donors (Lipinski definition) is 7. The third-order valence-corrected chi connectivity index (χ3v) is 3.65. The Morgan fingerprint density at radius 3 is 1.89 bits per heavy atom. The molecule has 0 rings (SSSR count). The highest BCUT2D eigenvalue weighted by molar-refractivity contribution is 5.92. The largest absolute Gasteiger partial charge is 0.480 e. The van der Waals surface area contributed by atoms with Crippen LogP contribution < -0.4 is 21.7 Å². The third-order valence-electron chi connectivity index (χ3n) is 3.65. The number of hydrogen-bond acceptors (Lipinski definition) is 7. The van der Waals surface area contributed by atoms with E-state index in [0.717, 1.165) is 0 Å². The van der Waals surface area contributed by atoms with Gasteiger partial charge in [-0.3, -0.25) is 14.4 Å². The zero-order valence-corrected chi connectivity index (χ0v) is 15.9. The Morgan fingerprint density at radius 2 is 1.48 bits per heavy atom. The van der Waals surface area contributed by atoms with Crippen molar-refractivity contribution in [1.29, 1.82) is 0 Å². The minimum Gasteiger partial charge on any atom is -0.480 e. The maximum absolute atomic E-state index is 12.3. The zero-order valence-electron chi connectivity index (χ0n) is 15.9. The number of aliphatic hydroxyl groups is 2. The standard InChI is InChI=1S/C16H30N4O7/c1-7(2)5-10(14(24)20-13(9(4)22)16(26)27)19-11(23)6-18-15(25)12(17)8(3)21/h7-10,12-13,21-22H,5-6,17H2,1-4H3,(H,18,25)(H,19,23)(H,20,24)(H,26,27). The minimum absolute atomic E-state index is 0.00544. The Hall–Kier alpha value is -2.24. The van der Waals surface area contributed by atoms with Crippen LogP contribution in [0, 0.1) is 5.92 Å². The summed E-state index contributed by atoms with van der Waals surface area (Å²) in [5, 5.41) is 34.6. The van der Waals surface area contributed by atoms with Crippen LogP contribution in [-0.4, -0.2) is 75.9 Å². The maximum atomic E-state index is 12.3. The Bertz CT molecular complexity index is 537. The third kappa shape index (κ3) is 9.31. The second-order valence-corrected chi connectivity index (χ2v) is 6.80. The number of carbonyl (C=O) groups excluding carboxylic acids is 3. The van der Waals surface area contributed by atoms with Crippen molar-refractivity contribution in [1.82, 2.24) is 16.0 Å². The summed E-state index contributed by atoms with van der Waals surface area (Å²) < 4.78 is 0. The molecule has 11 heteroatoms. The van der Waals surface area contributed by atoms with Crippen LogP contribution in [0.1, 0.15) is 34.1 Å². The summed E-state index contributed by atoms with van der Waals surface area (Å²) in [4.78, 5) is 47.1. The van der Waals surface area contributed by atoms with Gasteiger partial charge >= 0.3 is 5.97 Å². The Morgan fingerprint density at radius 1 is 0.926 bits per heavy atom. The molecule has 0 radical (unpaired) electrons. The Balaban J connectivity index is 4.90. The topological polar surface area (TPSA) is 191 Å². The predicted molar refractivity (Wildman–Crippen MR) is 95.3 cm³/mol. The fraction of sp³-hybridized carbons (Fsp3) is 0.750. The molecule has 0 spiro atoms. The summed E-state index contributed by atoms with van der Waals surface area (Å²) in [6, 6.07) is -3.77. The first kappa shape index (κ1) is 24.8. The molecule has 0 fully saturated rings. The molecule has 0 heterocycles. The number of nitrogens with one attached hydrogen (secondary N) is 3. The number of aliphatic carboxylic acids is 1. The fourth-order valence-corrected chi connectivity index (χ4v) is 2.10. The average Bonchev–Trinajstić information content (AvgIpc) is 2.54. The fourth-order valence-electron chi connectivity index (χ4n) is 2.10. The van der Waals surface area contributed by atoms with E-state index in [1.165, 1.54) is 13.8 Å². The molecule has 0 aliphatic rings. The van der Waals surface area contributed by atoms with Crippen molar-refractivity contribution in [3.63, 3.8) is 0 Å². The molecule has 5 unspecified atom stereocenters. The van der Waals surface area contributed by atoms with Crippen LogP contribution in [0.4, 0.5) is 0 Å². The predicted octanol–water partition coefficient (Wildman–Crippen LogP) is -2.71. The van der Waals surface area contributed by atoms with Crippen molar-refractivity contribution in [3.8, 4) is 0 Å². The molecule has 0 aromatic heterocycles. The van der Waals surface area contributed by atoms with E-state index < -0.39 is 60.6 Å². The first-order valence-corrected chi connectivity index (χ1v) is 8.58. The van der Waals surface area contributed by atoms with Gasteiger partial charge in [0.05, 0.1) is 18.8 Å². The van der Waals surface area contributed by atoms with Crippen molar-refractivity contribution in [2.24, 2.45) is 11.7 Å². The van der Waals surface area contributed by atoms with Crippen molar-refractivity contribution in [2.75, 3.05) is 6.54 Å². The van der Waals surface area contributed by atoms with Gasteiger partial charge in [0.15, 0.2) is 6.04 Å². The molecule has 0 aromatic carbocycles. The summed E-state index contributed by atoms with van der Waals surface area (Å²) in [6.45, 7) is 5.68. The highest BCUT2D eigenvalue weighted by atomic mass is 16.4. The van der Waals surface area contributed by atoms with E-state index >= 15 is 0 Å². The van der Waals surface area contributed by atoms with Crippen LogP contribution >= 0.6 is 0 Å². The normalized spacial score (nSPS) is 16.6. The molecule has 156 valence electrons. The van der Waals surface area contributed by atoms with E-state index in [1.54, 1.807) is 13.8 Å². The summed E-state index contributed by atoms with van der Waals surface area (Å²) >= 11 is 0. The van der Waals surface area contributed by atoms with E-state index in [-0.39, 0.29) is 12.3 Å². The molecule has 5 atom stereocenters. The summed E-state index contributed by atoms with van der Waals surface area (Å²) in [5.41, 5.74) is 5.44. The van der Waals surface area contributed by atoms with E-state index in [9.17, 15) is 29.4 Å². The molecule has 11 nitrogen and oxygen atoms in total. The Kier molecular flexibility index (Phi) is 10.5. The highest BCUT2D eigenvalue weighted by Gasteiger charge is 2.30. The maximum Gasteiger partial charge on any atom is 0.328 e. The number of rotatable bonds is 11. The van der Waals surface area contributed by atoms with Gasteiger partial charge in [0.2, 0.25) is 17.7 Å². The van der Waals surface area contributed by atoms with Crippen LogP contribution in [0.3, 0.4) is 0 Å². The van der Waals surface area contributed by atoms with Crippen LogP contribution in [-0.2, 0) is 19.2 Å². The van der Waals surface area contributed by atoms with Gasteiger partial charge in [0.1, 0.15) is 12.1 Å². The minimum atomic E-state index is -1.52. The molecule has 27 heavy (non-hydrogen) atoms. The van der Waals surface area contributed by atoms with Crippen LogP contribution in [0.25, 0.3) is 0 Å². The smallest absolute Gasteiger partial charge is 0.328 e. The molecule has 8 N–H and O–H groups in total. The molecule has 0 aliphatic carbocycles. The van der Waals surface area contributed by atoms with E-state index in [1.807, 2.05) is 0 Å². The molecule has 3 amide bonds.